The number of ether oxygens (including phenoxy) is 1. The van der Waals surface area contributed by atoms with Gasteiger partial charge in [0, 0.05) is 37.8 Å². The van der Waals surface area contributed by atoms with Crippen LogP contribution in [-0.4, -0.2) is 54.9 Å². The van der Waals surface area contributed by atoms with Gasteiger partial charge in [0.05, 0.1) is 18.1 Å². The van der Waals surface area contributed by atoms with Gasteiger partial charge in [-0.2, -0.15) is 0 Å². The van der Waals surface area contributed by atoms with Crippen molar-refractivity contribution in [1.29, 1.82) is 0 Å². The van der Waals surface area contributed by atoms with Crippen molar-refractivity contribution in [3.63, 3.8) is 0 Å². The Balaban J connectivity index is 2.26. The van der Waals surface area contributed by atoms with E-state index in [0.29, 0.717) is 12.0 Å². The number of methoxy groups -OCH3 is 1. The van der Waals surface area contributed by atoms with E-state index in [2.05, 4.69) is 10.2 Å². The summed E-state index contributed by atoms with van der Waals surface area (Å²) < 4.78 is 4.97. The standard InChI is InChI=1S/C15H21N3O4/c1-3-12(17-8-6-16-7-9-17)15(19)11-4-5-14(22-2)13(10-11)18(20)21/h4-5,10,12,16H,3,6-9H2,1-2H3. The molecule has 7 heteroatoms. The van der Waals surface area contributed by atoms with Gasteiger partial charge in [-0.25, -0.2) is 0 Å². The minimum atomic E-state index is -0.526. The van der Waals surface area contributed by atoms with Crippen molar-refractivity contribution in [3.8, 4) is 5.75 Å². The molecule has 0 radical (unpaired) electrons. The van der Waals surface area contributed by atoms with Crippen LogP contribution in [0.1, 0.15) is 23.7 Å². The second-order valence-electron chi connectivity index (χ2n) is 5.22. The van der Waals surface area contributed by atoms with E-state index in [1.807, 2.05) is 6.92 Å². The third-order valence-electron chi connectivity index (χ3n) is 3.94. The van der Waals surface area contributed by atoms with Crippen molar-refractivity contribution in [2.45, 2.75) is 19.4 Å². The Hall–Kier alpha value is -1.99. The molecule has 1 atom stereocenters. The maximum absolute atomic E-state index is 12.7. The molecule has 0 bridgehead atoms. The lowest BCUT2D eigenvalue weighted by atomic mass is 9.99. The molecular weight excluding hydrogens is 286 g/mol. The van der Waals surface area contributed by atoms with E-state index < -0.39 is 4.92 Å². The molecule has 0 aliphatic carbocycles. The molecular formula is C15H21N3O4. The first-order chi connectivity index (χ1) is 10.6. The molecule has 1 fully saturated rings. The molecule has 0 aromatic heterocycles. The Morgan fingerprint density at radius 2 is 2.14 bits per heavy atom. The number of piperazine rings is 1. The number of benzene rings is 1. The second-order valence-corrected chi connectivity index (χ2v) is 5.22. The van der Waals surface area contributed by atoms with Gasteiger partial charge in [-0.15, -0.1) is 0 Å². The lowest BCUT2D eigenvalue weighted by Crippen LogP contribution is -2.51. The maximum atomic E-state index is 12.7. The molecule has 1 unspecified atom stereocenters. The molecule has 22 heavy (non-hydrogen) atoms. The van der Waals surface area contributed by atoms with Gasteiger partial charge in [0.15, 0.2) is 11.5 Å². The number of hydrogen-bond acceptors (Lipinski definition) is 6. The Morgan fingerprint density at radius 3 is 2.68 bits per heavy atom. The van der Waals surface area contributed by atoms with Gasteiger partial charge in [0.1, 0.15) is 0 Å². The smallest absolute Gasteiger partial charge is 0.311 e. The van der Waals surface area contributed by atoms with Crippen molar-refractivity contribution >= 4 is 11.5 Å². The van der Waals surface area contributed by atoms with Crippen LogP contribution in [0.5, 0.6) is 5.75 Å². The van der Waals surface area contributed by atoms with Crippen LogP contribution in [0, 0.1) is 10.1 Å². The zero-order chi connectivity index (χ0) is 16.1. The number of nitro groups is 1. The van der Waals surface area contributed by atoms with E-state index in [1.165, 1.54) is 19.2 Å². The topological polar surface area (TPSA) is 84.7 Å². The van der Waals surface area contributed by atoms with Crippen LogP contribution in [0.25, 0.3) is 0 Å². The number of ketones is 1. The van der Waals surface area contributed by atoms with Gasteiger partial charge >= 0.3 is 5.69 Å². The maximum Gasteiger partial charge on any atom is 0.311 e. The third-order valence-corrected chi connectivity index (χ3v) is 3.94. The van der Waals surface area contributed by atoms with Crippen LogP contribution in [0.4, 0.5) is 5.69 Å². The van der Waals surface area contributed by atoms with Crippen LogP contribution >= 0.6 is 0 Å². The summed E-state index contributed by atoms with van der Waals surface area (Å²) in [5.41, 5.74) is 0.182. The van der Waals surface area contributed by atoms with Crippen LogP contribution in [-0.2, 0) is 0 Å². The summed E-state index contributed by atoms with van der Waals surface area (Å²) in [6.07, 6.45) is 0.679. The van der Waals surface area contributed by atoms with Gasteiger partial charge in [-0.05, 0) is 18.6 Å². The van der Waals surface area contributed by atoms with Gasteiger partial charge < -0.3 is 10.1 Å². The number of carbonyl (C=O) groups is 1. The molecule has 0 saturated carbocycles. The molecule has 1 aliphatic rings. The van der Waals surface area contributed by atoms with E-state index in [-0.39, 0.29) is 23.3 Å². The van der Waals surface area contributed by atoms with Crippen molar-refractivity contribution in [1.82, 2.24) is 10.2 Å². The molecule has 2 rings (SSSR count). The highest BCUT2D eigenvalue weighted by atomic mass is 16.6. The van der Waals surface area contributed by atoms with Crippen molar-refractivity contribution in [2.75, 3.05) is 33.3 Å². The Kier molecular flexibility index (Phi) is 5.46. The molecule has 1 N–H and O–H groups in total. The minimum Gasteiger partial charge on any atom is -0.490 e. The van der Waals surface area contributed by atoms with Crippen molar-refractivity contribution in [2.24, 2.45) is 0 Å². The normalized spacial score (nSPS) is 17.0. The highest BCUT2D eigenvalue weighted by Crippen LogP contribution is 2.28. The first-order valence-corrected chi connectivity index (χ1v) is 7.40. The molecule has 0 amide bonds. The fraction of sp³-hybridized carbons (Fsp3) is 0.533. The predicted molar refractivity (Wildman–Crippen MR) is 82.5 cm³/mol. The SMILES string of the molecule is CCC(C(=O)c1ccc(OC)c([N+](=O)[O-])c1)N1CCNCC1. The fourth-order valence-corrected chi connectivity index (χ4v) is 2.78. The van der Waals surface area contributed by atoms with E-state index in [1.54, 1.807) is 6.07 Å². The lowest BCUT2D eigenvalue weighted by molar-refractivity contribution is -0.385. The monoisotopic (exact) mass is 307 g/mol. The van der Waals surface area contributed by atoms with E-state index in [4.69, 9.17) is 4.74 Å². The zero-order valence-electron chi connectivity index (χ0n) is 12.9. The molecule has 1 heterocycles. The second kappa shape index (κ2) is 7.33. The molecule has 1 aromatic rings. The first-order valence-electron chi connectivity index (χ1n) is 7.40. The predicted octanol–water partition coefficient (Wildman–Crippen LogP) is 1.47. The molecule has 1 saturated heterocycles. The average molecular weight is 307 g/mol. The quantitative estimate of drug-likeness (QED) is 0.487. The third kappa shape index (κ3) is 3.42. The summed E-state index contributed by atoms with van der Waals surface area (Å²) >= 11 is 0. The van der Waals surface area contributed by atoms with Gasteiger partial charge in [-0.3, -0.25) is 19.8 Å². The number of carbonyl (C=O) groups excluding carboxylic acids is 1. The van der Waals surface area contributed by atoms with Gasteiger partial charge in [-0.1, -0.05) is 6.92 Å². The Labute approximate surface area is 129 Å². The molecule has 120 valence electrons. The molecule has 1 aliphatic heterocycles. The lowest BCUT2D eigenvalue weighted by Gasteiger charge is -2.33. The number of Topliss-reactive ketones (excluding diaryl/α,β-unsaturated/α-hetero) is 1. The minimum absolute atomic E-state index is 0.0739. The van der Waals surface area contributed by atoms with Crippen LogP contribution in [0.2, 0.25) is 0 Å². The fourth-order valence-electron chi connectivity index (χ4n) is 2.78. The summed E-state index contributed by atoms with van der Waals surface area (Å²) in [5, 5.41) is 14.3. The van der Waals surface area contributed by atoms with Crippen molar-refractivity contribution in [3.05, 3.63) is 33.9 Å². The van der Waals surface area contributed by atoms with E-state index in [0.717, 1.165) is 26.2 Å². The Morgan fingerprint density at radius 1 is 1.45 bits per heavy atom. The summed E-state index contributed by atoms with van der Waals surface area (Å²) in [6, 6.07) is 4.15. The number of hydrogen-bond donors (Lipinski definition) is 1. The van der Waals surface area contributed by atoms with Gasteiger partial charge in [0.2, 0.25) is 0 Å². The number of nitrogens with one attached hydrogen (secondary N) is 1. The first kappa shape index (κ1) is 16.4. The number of rotatable bonds is 6. The summed E-state index contributed by atoms with van der Waals surface area (Å²) in [7, 11) is 1.37. The summed E-state index contributed by atoms with van der Waals surface area (Å²) in [5.74, 6) is 0.0897. The molecule has 1 aromatic carbocycles. The van der Waals surface area contributed by atoms with Crippen molar-refractivity contribution < 1.29 is 14.5 Å². The molecule has 7 nitrogen and oxygen atoms in total. The highest BCUT2D eigenvalue weighted by molar-refractivity contribution is 6.00. The largest absolute Gasteiger partial charge is 0.490 e. The van der Waals surface area contributed by atoms with Crippen LogP contribution < -0.4 is 10.1 Å². The Bertz CT molecular complexity index is 556. The van der Waals surface area contributed by atoms with Crippen LogP contribution in [0.3, 0.4) is 0 Å². The average Bonchev–Trinajstić information content (AvgIpc) is 2.55. The van der Waals surface area contributed by atoms with Crippen LogP contribution in [0.15, 0.2) is 18.2 Å². The number of nitro benzene ring substituents is 1. The highest BCUT2D eigenvalue weighted by Gasteiger charge is 2.28. The summed E-state index contributed by atoms with van der Waals surface area (Å²) in [6.45, 7) is 5.28. The molecule has 0 spiro atoms. The number of nitrogens with zero attached hydrogens (tertiary/aromatic N) is 2. The van der Waals surface area contributed by atoms with Gasteiger partial charge in [0.25, 0.3) is 0 Å². The zero-order valence-corrected chi connectivity index (χ0v) is 12.9. The summed E-state index contributed by atoms with van der Waals surface area (Å²) in [4.78, 5) is 25.4. The van der Waals surface area contributed by atoms with E-state index >= 15 is 0 Å². The van der Waals surface area contributed by atoms with E-state index in [9.17, 15) is 14.9 Å².